The van der Waals surface area contributed by atoms with Crippen molar-refractivity contribution in [1.82, 2.24) is 9.78 Å². The highest BCUT2D eigenvalue weighted by Gasteiger charge is 1.99. The van der Waals surface area contributed by atoms with E-state index in [4.69, 9.17) is 28.3 Å². The van der Waals surface area contributed by atoms with Crippen LogP contribution in [0.15, 0.2) is 10.6 Å². The van der Waals surface area contributed by atoms with Crippen molar-refractivity contribution in [2.75, 3.05) is 0 Å². The quantitative estimate of drug-likeness (QED) is 0.739. The van der Waals surface area contributed by atoms with Gasteiger partial charge in [-0.2, -0.15) is 5.10 Å². The number of aryl methyl sites for hydroxylation is 1. The van der Waals surface area contributed by atoms with E-state index in [1.165, 1.54) is 16.8 Å². The zero-order valence-electron chi connectivity index (χ0n) is 5.75. The molecule has 0 atom stereocenters. The van der Waals surface area contributed by atoms with Gasteiger partial charge in [0.1, 0.15) is 4.49 Å². The Morgan fingerprint density at radius 1 is 1.73 bits per heavy atom. The number of aromatic hydroxyl groups is 1. The number of hydrogen-bond acceptors (Lipinski definition) is 2. The van der Waals surface area contributed by atoms with E-state index >= 15 is 0 Å². The van der Waals surface area contributed by atoms with Crippen molar-refractivity contribution in [2.45, 2.75) is 0 Å². The number of hydrogen-bond donors (Lipinski definition) is 1. The summed E-state index contributed by atoms with van der Waals surface area (Å²) in [7, 11) is 1.62. The number of nitrogens with zero attached hydrogens (tertiary/aromatic N) is 2. The summed E-state index contributed by atoms with van der Waals surface area (Å²) in [6.07, 6.45) is 1.45. The van der Waals surface area contributed by atoms with Gasteiger partial charge in [0.2, 0.25) is 5.88 Å². The van der Waals surface area contributed by atoms with Crippen molar-refractivity contribution in [1.29, 1.82) is 0 Å². The standard InChI is InChI=1S/C6H6Cl2N2O/c1-10-6(11)3-4(9-10)2-5(7)8/h2-3,11H,1H3. The van der Waals surface area contributed by atoms with Gasteiger partial charge in [-0.25, -0.2) is 4.68 Å². The summed E-state index contributed by atoms with van der Waals surface area (Å²) in [5.74, 6) is 0.0748. The van der Waals surface area contributed by atoms with E-state index in [1.54, 1.807) is 7.05 Å². The minimum Gasteiger partial charge on any atom is -0.493 e. The van der Waals surface area contributed by atoms with E-state index < -0.39 is 0 Å². The molecule has 1 aromatic rings. The Labute approximate surface area is 73.8 Å². The summed E-state index contributed by atoms with van der Waals surface area (Å²) in [5.41, 5.74) is 0.532. The predicted octanol–water partition coefficient (Wildman–Crippen LogP) is 1.90. The third kappa shape index (κ3) is 2.13. The van der Waals surface area contributed by atoms with Gasteiger partial charge >= 0.3 is 0 Å². The highest BCUT2D eigenvalue weighted by Crippen LogP contribution is 2.15. The van der Waals surface area contributed by atoms with Gasteiger partial charge in [-0.3, -0.25) is 0 Å². The van der Waals surface area contributed by atoms with Crippen LogP contribution in [0.5, 0.6) is 5.88 Å². The van der Waals surface area contributed by atoms with E-state index in [-0.39, 0.29) is 10.4 Å². The normalized spacial score (nSPS) is 9.73. The van der Waals surface area contributed by atoms with Crippen molar-refractivity contribution >= 4 is 29.3 Å². The van der Waals surface area contributed by atoms with Gasteiger partial charge in [0, 0.05) is 13.1 Å². The van der Waals surface area contributed by atoms with Gasteiger partial charge in [0.05, 0.1) is 5.69 Å². The average molecular weight is 193 g/mol. The molecule has 0 saturated carbocycles. The highest BCUT2D eigenvalue weighted by atomic mass is 35.5. The second-order valence-corrected chi connectivity index (χ2v) is 2.99. The van der Waals surface area contributed by atoms with Gasteiger partial charge in [-0.15, -0.1) is 0 Å². The van der Waals surface area contributed by atoms with Crippen LogP contribution in [0.25, 0.3) is 6.08 Å². The molecular weight excluding hydrogens is 187 g/mol. The number of rotatable bonds is 1. The minimum atomic E-state index is 0.0748. The van der Waals surface area contributed by atoms with Gasteiger partial charge in [0.25, 0.3) is 0 Å². The SMILES string of the molecule is Cn1nc(C=C(Cl)Cl)cc1O. The topological polar surface area (TPSA) is 38.0 Å². The largest absolute Gasteiger partial charge is 0.493 e. The summed E-state index contributed by atoms with van der Waals surface area (Å²) >= 11 is 10.7. The van der Waals surface area contributed by atoms with E-state index in [0.29, 0.717) is 5.69 Å². The van der Waals surface area contributed by atoms with Crippen molar-refractivity contribution in [3.05, 3.63) is 16.3 Å². The molecule has 0 spiro atoms. The van der Waals surface area contributed by atoms with Gasteiger partial charge in [-0.05, 0) is 6.08 Å². The molecule has 0 aliphatic rings. The third-order valence-corrected chi connectivity index (χ3v) is 1.35. The maximum atomic E-state index is 9.04. The molecule has 0 radical (unpaired) electrons. The Balaban J connectivity index is 2.98. The zero-order chi connectivity index (χ0) is 8.43. The Hall–Kier alpha value is -0.670. The van der Waals surface area contributed by atoms with Gasteiger partial charge in [-0.1, -0.05) is 23.2 Å². The molecule has 60 valence electrons. The van der Waals surface area contributed by atoms with Crippen LogP contribution in [0.2, 0.25) is 0 Å². The fourth-order valence-electron chi connectivity index (χ4n) is 0.661. The fraction of sp³-hybridized carbons (Fsp3) is 0.167. The van der Waals surface area contributed by atoms with E-state index in [1.807, 2.05) is 0 Å². The van der Waals surface area contributed by atoms with Crippen molar-refractivity contribution in [2.24, 2.45) is 7.05 Å². The third-order valence-electron chi connectivity index (χ3n) is 1.13. The van der Waals surface area contributed by atoms with Gasteiger partial charge in [0.15, 0.2) is 0 Å². The molecule has 5 heteroatoms. The zero-order valence-corrected chi connectivity index (χ0v) is 7.26. The van der Waals surface area contributed by atoms with Crippen LogP contribution in [-0.4, -0.2) is 14.9 Å². The monoisotopic (exact) mass is 192 g/mol. The first-order valence-corrected chi connectivity index (χ1v) is 3.61. The molecule has 0 amide bonds. The van der Waals surface area contributed by atoms with Crippen LogP contribution in [0.4, 0.5) is 0 Å². The summed E-state index contributed by atoms with van der Waals surface area (Å²) in [6.45, 7) is 0. The first-order chi connectivity index (χ1) is 5.09. The van der Waals surface area contributed by atoms with Crippen molar-refractivity contribution in [3.63, 3.8) is 0 Å². The molecule has 0 saturated heterocycles. The maximum absolute atomic E-state index is 9.04. The molecule has 0 bridgehead atoms. The minimum absolute atomic E-state index is 0.0748. The van der Waals surface area contributed by atoms with Crippen molar-refractivity contribution < 1.29 is 5.11 Å². The molecule has 0 aliphatic carbocycles. The summed E-state index contributed by atoms with van der Waals surface area (Å²) in [6, 6.07) is 1.46. The summed E-state index contributed by atoms with van der Waals surface area (Å²) in [4.78, 5) is 0. The van der Waals surface area contributed by atoms with Crippen LogP contribution < -0.4 is 0 Å². The van der Waals surface area contributed by atoms with Crippen LogP contribution in [-0.2, 0) is 7.05 Å². The Morgan fingerprint density at radius 3 is 2.73 bits per heavy atom. The molecular formula is C6H6Cl2N2O. The van der Waals surface area contributed by atoms with Crippen molar-refractivity contribution in [3.8, 4) is 5.88 Å². The molecule has 0 fully saturated rings. The second-order valence-electron chi connectivity index (χ2n) is 1.98. The smallest absolute Gasteiger partial charge is 0.209 e. The maximum Gasteiger partial charge on any atom is 0.209 e. The number of aromatic nitrogens is 2. The van der Waals surface area contributed by atoms with Crippen LogP contribution >= 0.6 is 23.2 Å². The lowest BCUT2D eigenvalue weighted by atomic mass is 10.4. The van der Waals surface area contributed by atoms with Crippen LogP contribution in [0.3, 0.4) is 0 Å². The lowest BCUT2D eigenvalue weighted by Crippen LogP contribution is -1.88. The summed E-state index contributed by atoms with van der Waals surface area (Å²) in [5, 5.41) is 12.9. The predicted molar refractivity (Wildman–Crippen MR) is 44.6 cm³/mol. The fourth-order valence-corrected chi connectivity index (χ4v) is 0.885. The second kappa shape index (κ2) is 3.15. The lowest BCUT2D eigenvalue weighted by molar-refractivity contribution is 0.419. The van der Waals surface area contributed by atoms with E-state index in [2.05, 4.69) is 5.10 Å². The summed E-state index contributed by atoms with van der Waals surface area (Å²) < 4.78 is 1.44. The number of halogens is 2. The van der Waals surface area contributed by atoms with E-state index in [9.17, 15) is 0 Å². The Morgan fingerprint density at radius 2 is 2.36 bits per heavy atom. The first-order valence-electron chi connectivity index (χ1n) is 2.85. The molecule has 11 heavy (non-hydrogen) atoms. The van der Waals surface area contributed by atoms with Crippen LogP contribution in [0.1, 0.15) is 5.69 Å². The molecule has 1 N–H and O–H groups in total. The van der Waals surface area contributed by atoms with Gasteiger partial charge < -0.3 is 5.11 Å². The molecule has 3 nitrogen and oxygen atoms in total. The molecule has 1 rings (SSSR count). The van der Waals surface area contributed by atoms with Crippen LogP contribution in [0, 0.1) is 0 Å². The Kier molecular flexibility index (Phi) is 2.42. The molecule has 1 aromatic heterocycles. The molecule has 1 heterocycles. The highest BCUT2D eigenvalue weighted by molar-refractivity contribution is 6.57. The first kappa shape index (κ1) is 8.43. The molecule has 0 unspecified atom stereocenters. The average Bonchev–Trinajstić information content (AvgIpc) is 2.10. The van der Waals surface area contributed by atoms with E-state index in [0.717, 1.165) is 0 Å². The lowest BCUT2D eigenvalue weighted by Gasteiger charge is -1.86. The Bertz CT molecular complexity index is 269. The molecule has 0 aliphatic heterocycles. The molecule has 0 aromatic carbocycles.